The van der Waals surface area contributed by atoms with Gasteiger partial charge in [0.1, 0.15) is 34.8 Å². The standard InChI is InChI=1S/C22H18Cl3N5O3.C22H17Cl3N4O3/c1-11-5-16(25)21-26-17(10-30(21)8-11)22-27-20(28-33-22)13-6-15(24)18(7-14(13)23)32-12-3-4-19(31)29(2)9-12;1-11-6-17(25)21-26-18(10-29(21)9-11)22-27-20(28-32-22)14-7-16(24)19(8-15(14)23)31-13-4-2-12(30)3-5-13/h5-8,10,12H,3-4,9H2,1-2H3;6-10,13H,2-5H2,1H3/t12-;/m0./s1. The number of nitrogens with zero attached hydrogens (tertiary/aromatic N) is 9. The maximum Gasteiger partial charge on any atom is 0.278 e. The minimum absolute atomic E-state index is 0.0607. The predicted octanol–water partition coefficient (Wildman–Crippen LogP) is 11.5. The highest BCUT2D eigenvalue weighted by atomic mass is 35.5. The maximum absolute atomic E-state index is 11.7. The van der Waals surface area contributed by atoms with E-state index < -0.39 is 0 Å². The number of hydrogen-bond donors (Lipinski definition) is 0. The van der Waals surface area contributed by atoms with Crippen LogP contribution < -0.4 is 9.47 Å². The molecule has 1 atom stereocenters. The van der Waals surface area contributed by atoms with Gasteiger partial charge < -0.3 is 32.2 Å². The monoisotopic (exact) mass is 995 g/mol. The van der Waals surface area contributed by atoms with Gasteiger partial charge in [0.15, 0.2) is 11.3 Å². The van der Waals surface area contributed by atoms with Gasteiger partial charge in [-0.15, -0.1) is 0 Å². The Morgan fingerprint density at radius 2 is 1.03 bits per heavy atom. The van der Waals surface area contributed by atoms with Crippen molar-refractivity contribution < 1.29 is 28.1 Å². The predicted molar refractivity (Wildman–Crippen MR) is 247 cm³/mol. The van der Waals surface area contributed by atoms with Crippen LogP contribution in [0.3, 0.4) is 0 Å². The Morgan fingerprint density at radius 1 is 0.569 bits per heavy atom. The van der Waals surface area contributed by atoms with E-state index in [4.69, 9.17) is 88.1 Å². The first-order valence-electron chi connectivity index (χ1n) is 20.2. The van der Waals surface area contributed by atoms with Crippen LogP contribution >= 0.6 is 69.6 Å². The van der Waals surface area contributed by atoms with Crippen LogP contribution in [0.15, 0.2) is 70.2 Å². The van der Waals surface area contributed by atoms with Crippen molar-refractivity contribution in [1.29, 1.82) is 0 Å². The summed E-state index contributed by atoms with van der Waals surface area (Å²) >= 11 is 38.5. The van der Waals surface area contributed by atoms with E-state index in [1.54, 1.807) is 48.6 Å². The number of Topliss-reactive ketones (excluding diaryl/α,β-unsaturated/α-hetero) is 1. The number of ketones is 1. The van der Waals surface area contributed by atoms with E-state index in [0.29, 0.717) is 121 Å². The average Bonchev–Trinajstić information content (AvgIpc) is 4.09. The number of aryl methyl sites for hydroxylation is 2. The Morgan fingerprint density at radius 3 is 1.51 bits per heavy atom. The van der Waals surface area contributed by atoms with Crippen LogP contribution in [0, 0.1) is 13.8 Å². The lowest BCUT2D eigenvalue weighted by Crippen LogP contribution is -2.42. The lowest BCUT2D eigenvalue weighted by molar-refractivity contribution is -0.134. The summed E-state index contributed by atoms with van der Waals surface area (Å²) in [6.07, 6.45) is 10.6. The van der Waals surface area contributed by atoms with Gasteiger partial charge in [-0.05, 0) is 68.5 Å². The Hall–Kier alpha value is -5.42. The average molecular weight is 999 g/mol. The normalized spacial score (nSPS) is 15.8. The van der Waals surface area contributed by atoms with Crippen molar-refractivity contribution in [2.45, 2.75) is 64.6 Å². The number of amides is 1. The quantitative estimate of drug-likeness (QED) is 0.141. The number of benzene rings is 2. The molecule has 6 aromatic heterocycles. The van der Waals surface area contributed by atoms with Crippen molar-refractivity contribution in [1.82, 2.24) is 44.0 Å². The highest BCUT2D eigenvalue weighted by Gasteiger charge is 2.27. The second-order valence-electron chi connectivity index (χ2n) is 15.7. The number of imidazole rings is 2. The minimum atomic E-state index is -0.158. The molecule has 2 fully saturated rings. The molecule has 0 N–H and O–H groups in total. The van der Waals surface area contributed by atoms with Gasteiger partial charge in [0.05, 0.1) is 42.8 Å². The molecule has 2 aliphatic rings. The Kier molecular flexibility index (Phi) is 12.7. The van der Waals surface area contributed by atoms with Gasteiger partial charge in [0.2, 0.25) is 17.6 Å². The number of hydrogen-bond acceptors (Lipinski definition) is 12. The van der Waals surface area contributed by atoms with Crippen molar-refractivity contribution >= 4 is 92.6 Å². The van der Waals surface area contributed by atoms with Crippen LogP contribution in [-0.2, 0) is 9.59 Å². The number of pyridine rings is 2. The van der Waals surface area contributed by atoms with Gasteiger partial charge in [-0.2, -0.15) is 9.97 Å². The third-order valence-electron chi connectivity index (χ3n) is 10.8. The fourth-order valence-corrected chi connectivity index (χ4v) is 9.02. The molecular formula is C44H35Cl6N9O6. The molecule has 1 saturated carbocycles. The van der Waals surface area contributed by atoms with Gasteiger partial charge in [0.25, 0.3) is 11.8 Å². The number of piperidine rings is 1. The molecule has 1 aliphatic carbocycles. The highest BCUT2D eigenvalue weighted by Crippen LogP contribution is 2.39. The lowest BCUT2D eigenvalue weighted by atomic mass is 9.96. The third kappa shape index (κ3) is 9.63. The molecule has 0 bridgehead atoms. The summed E-state index contributed by atoms with van der Waals surface area (Å²) in [5, 5.41) is 10.6. The molecular weight excluding hydrogens is 963 g/mol. The minimum Gasteiger partial charge on any atom is -0.489 e. The van der Waals surface area contributed by atoms with Crippen molar-refractivity contribution in [3.63, 3.8) is 0 Å². The molecule has 334 valence electrons. The topological polar surface area (TPSA) is 168 Å². The van der Waals surface area contributed by atoms with Gasteiger partial charge in [0, 0.05) is 74.4 Å². The van der Waals surface area contributed by atoms with E-state index in [1.807, 2.05) is 47.2 Å². The zero-order chi connectivity index (χ0) is 45.7. The summed E-state index contributed by atoms with van der Waals surface area (Å²) in [6.45, 7) is 4.38. The Balaban J connectivity index is 0.000000164. The number of rotatable bonds is 8. The fraction of sp³-hybridized carbons (Fsp3) is 0.273. The molecule has 2 aromatic carbocycles. The number of aromatic nitrogens is 8. The van der Waals surface area contributed by atoms with Gasteiger partial charge >= 0.3 is 0 Å². The van der Waals surface area contributed by atoms with E-state index in [1.165, 1.54) is 0 Å². The summed E-state index contributed by atoms with van der Waals surface area (Å²) in [6, 6.07) is 10.2. The Bertz CT molecular complexity index is 3140. The van der Waals surface area contributed by atoms with Gasteiger partial charge in [-0.25, -0.2) is 9.97 Å². The molecule has 10 rings (SSSR count). The molecule has 21 heteroatoms. The summed E-state index contributed by atoms with van der Waals surface area (Å²) in [7, 11) is 1.75. The van der Waals surface area contributed by atoms with Crippen LogP contribution in [0.5, 0.6) is 11.5 Å². The zero-order valence-electron chi connectivity index (χ0n) is 34.6. The highest BCUT2D eigenvalue weighted by molar-refractivity contribution is 6.37. The SMILES string of the molecule is Cc1cc(Cl)c2nc(-c3nc(-c4cc(Cl)c(OC5CCC(=O)CC5)cc4Cl)no3)cn2c1.Cc1cc(Cl)c2nc(-c3nc(-c4cc(Cl)c(O[C@H]5CCC(=O)N(C)C5)cc4Cl)no3)cn2c1. The van der Waals surface area contributed by atoms with Crippen LogP contribution in [0.25, 0.3) is 57.2 Å². The number of carbonyl (C=O) groups is 2. The Labute approximate surface area is 400 Å². The molecule has 7 heterocycles. The largest absolute Gasteiger partial charge is 0.489 e. The number of halogens is 6. The van der Waals surface area contributed by atoms with E-state index in [9.17, 15) is 9.59 Å². The van der Waals surface area contributed by atoms with E-state index in [2.05, 4.69) is 30.2 Å². The molecule has 0 radical (unpaired) electrons. The van der Waals surface area contributed by atoms with Gasteiger partial charge in [-0.1, -0.05) is 79.9 Å². The zero-order valence-corrected chi connectivity index (χ0v) is 39.2. The first kappa shape index (κ1) is 44.8. The third-order valence-corrected chi connectivity index (χ3v) is 12.5. The molecule has 1 amide bonds. The number of carbonyl (C=O) groups excluding carboxylic acids is 2. The van der Waals surface area contributed by atoms with Crippen LogP contribution in [0.1, 0.15) is 49.7 Å². The smallest absolute Gasteiger partial charge is 0.278 e. The van der Waals surface area contributed by atoms with Crippen LogP contribution in [0.4, 0.5) is 0 Å². The second-order valence-corrected chi connectivity index (χ2v) is 18.2. The molecule has 0 unspecified atom stereocenters. The first-order chi connectivity index (χ1) is 31.1. The first-order valence-corrected chi connectivity index (χ1v) is 22.5. The van der Waals surface area contributed by atoms with Crippen molar-refractivity contribution in [3.8, 4) is 57.4 Å². The van der Waals surface area contributed by atoms with Crippen LogP contribution in [-0.4, -0.2) is 81.4 Å². The molecule has 1 saturated heterocycles. The molecule has 8 aromatic rings. The number of ether oxygens (including phenoxy) is 2. The summed E-state index contributed by atoms with van der Waals surface area (Å²) in [4.78, 5) is 42.6. The van der Waals surface area contributed by atoms with Gasteiger partial charge in [-0.3, -0.25) is 9.59 Å². The van der Waals surface area contributed by atoms with E-state index in [-0.39, 0.29) is 47.3 Å². The number of likely N-dealkylation sites (tertiary alicyclic amines) is 1. The number of likely N-dealkylation sites (N-methyl/N-ethyl adjacent to an activating group) is 1. The fourth-order valence-electron chi connectivity index (χ4n) is 7.50. The molecule has 15 nitrogen and oxygen atoms in total. The summed E-state index contributed by atoms with van der Waals surface area (Å²) in [5.74, 6) is 2.28. The molecule has 65 heavy (non-hydrogen) atoms. The lowest BCUT2D eigenvalue weighted by Gasteiger charge is -2.30. The van der Waals surface area contributed by atoms with Crippen LogP contribution in [0.2, 0.25) is 30.1 Å². The van der Waals surface area contributed by atoms with Crippen molar-refractivity contribution in [2.75, 3.05) is 13.6 Å². The van der Waals surface area contributed by atoms with Crippen molar-refractivity contribution in [2.24, 2.45) is 0 Å². The molecule has 0 spiro atoms. The van der Waals surface area contributed by atoms with E-state index >= 15 is 0 Å². The summed E-state index contributed by atoms with van der Waals surface area (Å²) in [5.41, 5.74) is 5.17. The maximum atomic E-state index is 11.7. The van der Waals surface area contributed by atoms with Crippen molar-refractivity contribution in [3.05, 3.63) is 102 Å². The van der Waals surface area contributed by atoms with E-state index in [0.717, 1.165) is 11.1 Å². The number of fused-ring (bicyclic) bond motifs is 2. The molecule has 1 aliphatic heterocycles. The summed E-state index contributed by atoms with van der Waals surface area (Å²) < 4.78 is 26.4. The second kappa shape index (κ2) is 18.5.